The lowest BCUT2D eigenvalue weighted by atomic mass is 9.92. The van der Waals surface area contributed by atoms with Crippen molar-refractivity contribution in [3.05, 3.63) is 23.8 Å². The standard InChI is InChI=1S/C19H29N3O5S/c1-28(25,26)20-16-2-3-18(17(14-16)19(23)24)22-8-5-15(6-9-22)4-7-21-10-12-27-13-11-21/h2-3,14-15,20H,4-13H2,1H3,(H,23,24). The van der Waals surface area contributed by atoms with E-state index in [0.29, 0.717) is 11.6 Å². The summed E-state index contributed by atoms with van der Waals surface area (Å²) in [7, 11) is -3.45. The number of piperidine rings is 1. The number of anilines is 2. The highest BCUT2D eigenvalue weighted by Crippen LogP contribution is 2.30. The predicted octanol–water partition coefficient (Wildman–Crippen LogP) is 1.69. The summed E-state index contributed by atoms with van der Waals surface area (Å²) >= 11 is 0. The number of carboxylic acid groups (broad SMARTS) is 1. The Kier molecular flexibility index (Phi) is 6.79. The Labute approximate surface area is 166 Å². The second kappa shape index (κ2) is 9.11. The Morgan fingerprint density at radius 3 is 2.50 bits per heavy atom. The maximum absolute atomic E-state index is 11.7. The summed E-state index contributed by atoms with van der Waals surface area (Å²) in [5, 5.41) is 9.58. The van der Waals surface area contributed by atoms with Crippen molar-refractivity contribution in [3.63, 3.8) is 0 Å². The Bertz CT molecular complexity index is 785. The first-order chi connectivity index (χ1) is 13.3. The fraction of sp³-hybridized carbons (Fsp3) is 0.632. The molecule has 156 valence electrons. The van der Waals surface area contributed by atoms with E-state index in [1.807, 2.05) is 0 Å². The maximum atomic E-state index is 11.7. The molecule has 3 rings (SSSR count). The van der Waals surface area contributed by atoms with Gasteiger partial charge in [-0.2, -0.15) is 0 Å². The number of morpholine rings is 1. The molecule has 0 saturated carbocycles. The first-order valence-electron chi connectivity index (χ1n) is 9.72. The van der Waals surface area contributed by atoms with Crippen LogP contribution in [0.15, 0.2) is 18.2 Å². The van der Waals surface area contributed by atoms with Crippen molar-refractivity contribution < 1.29 is 23.1 Å². The van der Waals surface area contributed by atoms with Crippen molar-refractivity contribution in [3.8, 4) is 0 Å². The quantitative estimate of drug-likeness (QED) is 0.704. The monoisotopic (exact) mass is 411 g/mol. The van der Waals surface area contributed by atoms with Crippen molar-refractivity contribution >= 4 is 27.4 Å². The lowest BCUT2D eigenvalue weighted by molar-refractivity contribution is 0.0349. The van der Waals surface area contributed by atoms with Crippen molar-refractivity contribution in [2.24, 2.45) is 5.92 Å². The van der Waals surface area contributed by atoms with Crippen LogP contribution in [-0.2, 0) is 14.8 Å². The lowest BCUT2D eigenvalue weighted by Crippen LogP contribution is -2.39. The number of rotatable bonds is 7. The van der Waals surface area contributed by atoms with Crippen molar-refractivity contribution in [2.75, 3.05) is 61.8 Å². The number of nitrogens with one attached hydrogen (secondary N) is 1. The minimum atomic E-state index is -3.45. The molecule has 2 N–H and O–H groups in total. The smallest absolute Gasteiger partial charge is 0.337 e. The number of nitrogens with zero attached hydrogens (tertiary/aromatic N) is 2. The van der Waals surface area contributed by atoms with E-state index in [1.165, 1.54) is 6.07 Å². The molecule has 0 amide bonds. The highest BCUT2D eigenvalue weighted by Gasteiger charge is 2.24. The molecular formula is C19H29N3O5S. The van der Waals surface area contributed by atoms with Crippen LogP contribution in [0.25, 0.3) is 0 Å². The first-order valence-corrected chi connectivity index (χ1v) is 11.6. The molecule has 0 aromatic heterocycles. The largest absolute Gasteiger partial charge is 0.478 e. The molecule has 28 heavy (non-hydrogen) atoms. The number of ether oxygens (including phenoxy) is 1. The van der Waals surface area contributed by atoms with Gasteiger partial charge in [0.05, 0.1) is 30.7 Å². The van der Waals surface area contributed by atoms with Crippen molar-refractivity contribution in [1.29, 1.82) is 0 Å². The van der Waals surface area contributed by atoms with Gasteiger partial charge in [-0.25, -0.2) is 13.2 Å². The van der Waals surface area contributed by atoms with Gasteiger partial charge in [0.1, 0.15) is 0 Å². The van der Waals surface area contributed by atoms with E-state index in [4.69, 9.17) is 4.74 Å². The van der Waals surface area contributed by atoms with Crippen LogP contribution in [0.3, 0.4) is 0 Å². The zero-order valence-electron chi connectivity index (χ0n) is 16.3. The summed E-state index contributed by atoms with van der Waals surface area (Å²) in [5.74, 6) is -0.403. The van der Waals surface area contributed by atoms with Gasteiger partial charge >= 0.3 is 5.97 Å². The van der Waals surface area contributed by atoms with E-state index in [9.17, 15) is 18.3 Å². The van der Waals surface area contributed by atoms with Crippen LogP contribution >= 0.6 is 0 Å². The SMILES string of the molecule is CS(=O)(=O)Nc1ccc(N2CCC(CCN3CCOCC3)CC2)c(C(=O)O)c1. The number of carbonyl (C=O) groups is 1. The van der Waals surface area contributed by atoms with Crippen LogP contribution in [0, 0.1) is 5.92 Å². The minimum absolute atomic E-state index is 0.125. The van der Waals surface area contributed by atoms with Gasteiger partial charge in [-0.15, -0.1) is 0 Å². The molecule has 0 atom stereocenters. The highest BCUT2D eigenvalue weighted by atomic mass is 32.2. The average molecular weight is 412 g/mol. The van der Waals surface area contributed by atoms with Crippen LogP contribution in [0.4, 0.5) is 11.4 Å². The van der Waals surface area contributed by atoms with E-state index >= 15 is 0 Å². The van der Waals surface area contributed by atoms with Gasteiger partial charge in [-0.3, -0.25) is 9.62 Å². The number of aromatic carboxylic acids is 1. The summed E-state index contributed by atoms with van der Waals surface area (Å²) in [6.07, 6.45) is 4.28. The Morgan fingerprint density at radius 1 is 1.21 bits per heavy atom. The molecule has 8 nitrogen and oxygen atoms in total. The van der Waals surface area contributed by atoms with E-state index in [2.05, 4.69) is 14.5 Å². The molecule has 2 heterocycles. The Hall–Kier alpha value is -1.84. The third kappa shape index (κ3) is 5.83. The highest BCUT2D eigenvalue weighted by molar-refractivity contribution is 7.92. The zero-order valence-corrected chi connectivity index (χ0v) is 17.1. The normalized spacial score (nSPS) is 19.5. The third-order valence-corrected chi connectivity index (χ3v) is 6.05. The molecule has 0 spiro atoms. The molecule has 1 aromatic rings. The van der Waals surface area contributed by atoms with E-state index in [-0.39, 0.29) is 11.3 Å². The summed E-state index contributed by atoms with van der Waals surface area (Å²) < 4.78 is 30.5. The molecule has 2 fully saturated rings. The molecule has 2 aliphatic rings. The molecule has 9 heteroatoms. The Morgan fingerprint density at radius 2 is 1.89 bits per heavy atom. The van der Waals surface area contributed by atoms with E-state index in [1.54, 1.807) is 12.1 Å². The van der Waals surface area contributed by atoms with Gasteiger partial charge in [0.15, 0.2) is 0 Å². The summed E-state index contributed by atoms with van der Waals surface area (Å²) in [5.41, 5.74) is 1.04. The predicted molar refractivity (Wildman–Crippen MR) is 109 cm³/mol. The fourth-order valence-electron chi connectivity index (χ4n) is 3.91. The molecule has 1 aromatic carbocycles. The molecule has 0 aliphatic carbocycles. The number of carboxylic acids is 1. The van der Waals surface area contributed by atoms with Crippen LogP contribution in [0.1, 0.15) is 29.6 Å². The summed E-state index contributed by atoms with van der Waals surface area (Å²) in [6, 6.07) is 4.71. The van der Waals surface area contributed by atoms with Gasteiger partial charge < -0.3 is 14.7 Å². The first kappa shape index (κ1) is 20.9. The van der Waals surface area contributed by atoms with Crippen LogP contribution in [-0.4, -0.2) is 76.6 Å². The summed E-state index contributed by atoms with van der Waals surface area (Å²) in [6.45, 7) is 6.38. The van der Waals surface area contributed by atoms with Gasteiger partial charge in [-0.05, 0) is 49.9 Å². The Balaban J connectivity index is 1.59. The molecular weight excluding hydrogens is 382 g/mol. The molecule has 2 saturated heterocycles. The second-order valence-electron chi connectivity index (χ2n) is 7.58. The van der Waals surface area contributed by atoms with Crippen molar-refractivity contribution in [1.82, 2.24) is 4.90 Å². The van der Waals surface area contributed by atoms with Crippen LogP contribution in [0.5, 0.6) is 0 Å². The molecule has 0 bridgehead atoms. The van der Waals surface area contributed by atoms with E-state index < -0.39 is 16.0 Å². The van der Waals surface area contributed by atoms with Gasteiger partial charge in [0.2, 0.25) is 10.0 Å². The molecule has 0 radical (unpaired) electrons. The minimum Gasteiger partial charge on any atom is -0.478 e. The van der Waals surface area contributed by atoms with Gasteiger partial charge in [0.25, 0.3) is 0 Å². The number of benzene rings is 1. The van der Waals surface area contributed by atoms with Gasteiger partial charge in [0, 0.05) is 31.9 Å². The third-order valence-electron chi connectivity index (χ3n) is 5.44. The zero-order chi connectivity index (χ0) is 20.1. The van der Waals surface area contributed by atoms with Crippen molar-refractivity contribution in [2.45, 2.75) is 19.3 Å². The van der Waals surface area contributed by atoms with Crippen LogP contribution in [0.2, 0.25) is 0 Å². The second-order valence-corrected chi connectivity index (χ2v) is 9.33. The lowest BCUT2D eigenvalue weighted by Gasteiger charge is -2.35. The number of hydrogen-bond acceptors (Lipinski definition) is 6. The van der Waals surface area contributed by atoms with E-state index in [0.717, 1.165) is 71.5 Å². The van der Waals surface area contributed by atoms with Crippen LogP contribution < -0.4 is 9.62 Å². The van der Waals surface area contributed by atoms with Gasteiger partial charge in [-0.1, -0.05) is 0 Å². The summed E-state index contributed by atoms with van der Waals surface area (Å²) in [4.78, 5) is 16.3. The molecule has 0 unspecified atom stereocenters. The fourth-order valence-corrected chi connectivity index (χ4v) is 4.47. The number of hydrogen-bond donors (Lipinski definition) is 2. The average Bonchev–Trinajstić information content (AvgIpc) is 2.66. The maximum Gasteiger partial charge on any atom is 0.337 e. The molecule has 2 aliphatic heterocycles. The number of sulfonamides is 1. The topological polar surface area (TPSA) is 99.2 Å².